The Bertz CT molecular complexity index is 1270. The number of hydrogen-bond acceptors (Lipinski definition) is 3. The van der Waals surface area contributed by atoms with Crippen molar-refractivity contribution in [3.05, 3.63) is 70.0 Å². The highest BCUT2D eigenvalue weighted by Gasteiger charge is 2.48. The number of nitrogens with two attached hydrogens (primary N) is 1. The number of aryl methyl sites for hydroxylation is 1. The minimum Gasteiger partial charge on any atom is -0.368 e. The number of halogens is 8. The van der Waals surface area contributed by atoms with Crippen molar-refractivity contribution in [2.24, 2.45) is 5.73 Å². The van der Waals surface area contributed by atoms with Gasteiger partial charge >= 0.3 is 18.4 Å². The molecule has 2 fully saturated rings. The van der Waals surface area contributed by atoms with Gasteiger partial charge in [-0.1, -0.05) is 6.07 Å². The molecule has 1 spiro atoms. The fraction of sp³-hybridized carbons (Fsp3) is 0.481. The van der Waals surface area contributed by atoms with Crippen LogP contribution in [0.3, 0.4) is 0 Å². The fourth-order valence-corrected chi connectivity index (χ4v) is 5.77. The molecule has 0 radical (unpaired) electrons. The van der Waals surface area contributed by atoms with Crippen LogP contribution in [0.25, 0.3) is 0 Å². The lowest BCUT2D eigenvalue weighted by molar-refractivity contribution is -0.143. The first-order valence-electron chi connectivity index (χ1n) is 12.6. The number of amides is 3. The van der Waals surface area contributed by atoms with Crippen LogP contribution in [0, 0.1) is 12.7 Å². The Morgan fingerprint density at radius 2 is 1.66 bits per heavy atom. The summed E-state index contributed by atoms with van der Waals surface area (Å²) < 4.78 is 93.9. The van der Waals surface area contributed by atoms with Gasteiger partial charge in [0, 0.05) is 25.7 Å². The molecule has 2 aliphatic rings. The van der Waals surface area contributed by atoms with Gasteiger partial charge in [-0.3, -0.25) is 4.79 Å². The molecule has 226 valence electrons. The van der Waals surface area contributed by atoms with Gasteiger partial charge in [-0.05, 0) is 79.6 Å². The lowest BCUT2D eigenvalue weighted by Gasteiger charge is -2.47. The number of carbonyl (C=O) groups is 2. The number of alkyl halides is 6. The molecule has 0 unspecified atom stereocenters. The number of rotatable bonds is 4. The summed E-state index contributed by atoms with van der Waals surface area (Å²) in [5.41, 5.74) is 2.91. The number of carbonyl (C=O) groups excluding carboxylic acids is 2. The molecular weight excluding hydrogens is 581 g/mol. The van der Waals surface area contributed by atoms with Crippen LogP contribution in [-0.4, -0.2) is 46.9 Å². The van der Waals surface area contributed by atoms with Gasteiger partial charge in [0.25, 0.3) is 0 Å². The lowest BCUT2D eigenvalue weighted by atomic mass is 9.79. The van der Waals surface area contributed by atoms with Crippen LogP contribution in [0.2, 0.25) is 0 Å². The molecule has 2 aromatic rings. The maximum Gasteiger partial charge on any atom is 0.416 e. The molecule has 2 saturated heterocycles. The number of urea groups is 1. The number of likely N-dealkylation sites (tertiary alicyclic amines) is 1. The third-order valence-corrected chi connectivity index (χ3v) is 7.76. The van der Waals surface area contributed by atoms with Crippen molar-refractivity contribution in [2.45, 2.75) is 69.1 Å². The van der Waals surface area contributed by atoms with Crippen LogP contribution in [-0.2, 0) is 23.7 Å². The van der Waals surface area contributed by atoms with E-state index in [1.165, 1.54) is 24.1 Å². The van der Waals surface area contributed by atoms with Crippen molar-refractivity contribution in [1.29, 1.82) is 0 Å². The van der Waals surface area contributed by atoms with Crippen LogP contribution in [0.4, 0.5) is 35.5 Å². The van der Waals surface area contributed by atoms with Crippen molar-refractivity contribution in [1.82, 2.24) is 15.1 Å². The standard InChI is InChI=1S/C27H29F7N4O2.ClH/c1-15-9-19(28)3-4-20(15)22-13-25(6-5-21(36-25)23(35)39)7-8-38(22)24(40)37(2)14-16-10-17(26(29,30)31)12-18(11-16)27(32,33)34;/h3-4,9-12,21-22,36H,5-8,13-14H2,1-2H3,(H2,35,39);1H/t21-,22+,25-;/m0./s1. The number of nitrogens with zero attached hydrogens (tertiary/aromatic N) is 2. The van der Waals surface area contributed by atoms with E-state index in [1.54, 1.807) is 13.0 Å². The predicted octanol–water partition coefficient (Wildman–Crippen LogP) is 5.96. The van der Waals surface area contributed by atoms with Crippen LogP contribution in [0.1, 0.15) is 59.5 Å². The summed E-state index contributed by atoms with van der Waals surface area (Å²) in [5, 5.41) is 3.29. The largest absolute Gasteiger partial charge is 0.416 e. The summed E-state index contributed by atoms with van der Waals surface area (Å²) in [4.78, 5) is 28.0. The molecule has 2 aromatic carbocycles. The zero-order valence-corrected chi connectivity index (χ0v) is 23.0. The quantitative estimate of drug-likeness (QED) is 0.420. The highest BCUT2D eigenvalue weighted by molar-refractivity contribution is 5.85. The van der Waals surface area contributed by atoms with Gasteiger partial charge < -0.3 is 20.9 Å². The molecule has 3 atom stereocenters. The molecule has 3 amide bonds. The van der Waals surface area contributed by atoms with E-state index in [1.807, 2.05) is 0 Å². The zero-order valence-electron chi connectivity index (χ0n) is 22.2. The smallest absolute Gasteiger partial charge is 0.368 e. The van der Waals surface area contributed by atoms with E-state index in [4.69, 9.17) is 5.73 Å². The minimum atomic E-state index is -5.01. The Hall–Kier alpha value is -3.06. The maximum atomic E-state index is 13.9. The van der Waals surface area contributed by atoms with E-state index in [2.05, 4.69) is 5.32 Å². The van der Waals surface area contributed by atoms with E-state index in [9.17, 15) is 40.3 Å². The highest BCUT2D eigenvalue weighted by Crippen LogP contribution is 2.44. The van der Waals surface area contributed by atoms with Crippen molar-refractivity contribution < 1.29 is 40.3 Å². The molecule has 6 nitrogen and oxygen atoms in total. The molecule has 4 rings (SSSR count). The maximum absolute atomic E-state index is 13.9. The normalized spacial score (nSPS) is 22.9. The molecule has 3 N–H and O–H groups in total. The summed E-state index contributed by atoms with van der Waals surface area (Å²) in [5.74, 6) is -0.969. The lowest BCUT2D eigenvalue weighted by Crippen LogP contribution is -2.57. The molecule has 14 heteroatoms. The Balaban J connectivity index is 0.00000462. The molecule has 2 heterocycles. The average molecular weight is 611 g/mol. The van der Waals surface area contributed by atoms with Crippen LogP contribution >= 0.6 is 12.4 Å². The Labute approximate surface area is 238 Å². The van der Waals surface area contributed by atoms with E-state index < -0.39 is 65.4 Å². The van der Waals surface area contributed by atoms with Crippen LogP contribution in [0.5, 0.6) is 0 Å². The van der Waals surface area contributed by atoms with Crippen molar-refractivity contribution in [3.63, 3.8) is 0 Å². The van der Waals surface area contributed by atoms with Gasteiger partial charge in [0.15, 0.2) is 0 Å². The number of piperidine rings is 1. The second-order valence-corrected chi connectivity index (χ2v) is 10.6. The topological polar surface area (TPSA) is 78.7 Å². The van der Waals surface area contributed by atoms with Gasteiger partial charge in [-0.25, -0.2) is 9.18 Å². The SMILES string of the molecule is Cc1cc(F)ccc1[C@H]1C[C@]2(CC[C@@H](C(N)=O)N2)CCN1C(=O)N(C)Cc1cc(C(F)(F)F)cc(C(F)(F)F)c1.Cl. The van der Waals surface area contributed by atoms with Crippen LogP contribution < -0.4 is 11.1 Å². The third-order valence-electron chi connectivity index (χ3n) is 7.76. The molecule has 41 heavy (non-hydrogen) atoms. The number of nitrogens with one attached hydrogen (secondary N) is 1. The highest BCUT2D eigenvalue weighted by atomic mass is 35.5. The summed E-state index contributed by atoms with van der Waals surface area (Å²) in [6.45, 7) is 1.35. The molecular formula is C27H30ClF7N4O2. The molecule has 0 bridgehead atoms. The Morgan fingerprint density at radius 1 is 1.05 bits per heavy atom. The van der Waals surface area contributed by atoms with Crippen molar-refractivity contribution >= 4 is 24.3 Å². The second-order valence-electron chi connectivity index (χ2n) is 10.6. The second kappa shape index (κ2) is 11.7. The number of primary amides is 1. The van der Waals surface area contributed by atoms with E-state index in [0.717, 1.165) is 4.90 Å². The van der Waals surface area contributed by atoms with Crippen LogP contribution in [0.15, 0.2) is 36.4 Å². The molecule has 0 saturated carbocycles. The van der Waals surface area contributed by atoms with E-state index in [-0.39, 0.29) is 30.6 Å². The molecule has 2 aliphatic heterocycles. The summed E-state index contributed by atoms with van der Waals surface area (Å²) in [6, 6.07) is 3.60. The van der Waals surface area contributed by atoms with Gasteiger partial charge in [0.2, 0.25) is 5.91 Å². The predicted molar refractivity (Wildman–Crippen MR) is 138 cm³/mol. The average Bonchev–Trinajstić information content (AvgIpc) is 3.26. The first-order chi connectivity index (χ1) is 18.5. The Kier molecular flexibility index (Phi) is 9.24. The first kappa shape index (κ1) is 32.5. The summed E-state index contributed by atoms with van der Waals surface area (Å²) >= 11 is 0. The zero-order chi connectivity index (χ0) is 29.6. The molecule has 0 aromatic heterocycles. The van der Waals surface area contributed by atoms with Gasteiger partial charge in [0.05, 0.1) is 23.2 Å². The van der Waals surface area contributed by atoms with Crippen molar-refractivity contribution in [3.8, 4) is 0 Å². The third kappa shape index (κ3) is 7.06. The number of benzene rings is 2. The summed E-state index contributed by atoms with van der Waals surface area (Å²) in [6.07, 6.45) is -8.11. The van der Waals surface area contributed by atoms with E-state index >= 15 is 0 Å². The van der Waals surface area contributed by atoms with Gasteiger partial charge in [-0.2, -0.15) is 26.3 Å². The van der Waals surface area contributed by atoms with Crippen molar-refractivity contribution in [2.75, 3.05) is 13.6 Å². The fourth-order valence-electron chi connectivity index (χ4n) is 5.77. The van der Waals surface area contributed by atoms with Gasteiger partial charge in [-0.15, -0.1) is 12.4 Å². The summed E-state index contributed by atoms with van der Waals surface area (Å²) in [7, 11) is 1.30. The Morgan fingerprint density at radius 3 is 2.17 bits per heavy atom. The molecule has 0 aliphatic carbocycles. The monoisotopic (exact) mass is 610 g/mol. The number of hydrogen-bond donors (Lipinski definition) is 2. The van der Waals surface area contributed by atoms with Gasteiger partial charge in [0.1, 0.15) is 5.82 Å². The first-order valence-corrected chi connectivity index (χ1v) is 12.6. The van der Waals surface area contributed by atoms with E-state index in [0.29, 0.717) is 48.9 Å². The minimum absolute atomic E-state index is 0.